The van der Waals surface area contributed by atoms with Crippen LogP contribution >= 0.6 is 0 Å². The number of nitrogens with zero attached hydrogens (tertiary/aromatic N) is 3. The fourth-order valence-electron chi connectivity index (χ4n) is 3.26. The first-order chi connectivity index (χ1) is 15.4. The van der Waals surface area contributed by atoms with Crippen molar-refractivity contribution >= 4 is 17.4 Å². The number of anilines is 1. The Bertz CT molecular complexity index is 1370. The molecule has 0 aliphatic rings. The molecule has 0 fully saturated rings. The van der Waals surface area contributed by atoms with Crippen LogP contribution in [0, 0.1) is 6.92 Å². The zero-order valence-electron chi connectivity index (χ0n) is 17.5. The monoisotopic (exact) mass is 428 g/mol. The number of aromatic nitrogens is 3. The van der Waals surface area contributed by atoms with Crippen molar-refractivity contribution in [3.63, 3.8) is 0 Å². The van der Waals surface area contributed by atoms with E-state index in [0.717, 1.165) is 11.1 Å². The molecule has 0 aliphatic heterocycles. The summed E-state index contributed by atoms with van der Waals surface area (Å²) in [6.07, 6.45) is 1.51. The van der Waals surface area contributed by atoms with Crippen LogP contribution < -0.4 is 10.9 Å². The van der Waals surface area contributed by atoms with Gasteiger partial charge >= 0.3 is 0 Å². The van der Waals surface area contributed by atoms with Crippen LogP contribution in [-0.4, -0.2) is 26.4 Å². The van der Waals surface area contributed by atoms with Gasteiger partial charge in [0.15, 0.2) is 5.78 Å². The minimum absolute atomic E-state index is 0.0807. The van der Waals surface area contributed by atoms with E-state index in [-0.39, 0.29) is 23.8 Å². The lowest BCUT2D eigenvalue weighted by molar-refractivity contribution is -0.116. The van der Waals surface area contributed by atoms with E-state index in [0.29, 0.717) is 17.1 Å². The number of rotatable bonds is 6. The molecule has 8 nitrogen and oxygen atoms in total. The van der Waals surface area contributed by atoms with E-state index < -0.39 is 11.5 Å². The Kier molecular flexibility index (Phi) is 5.76. The number of hydrogen-bond donors (Lipinski definition) is 1. The normalized spacial score (nSPS) is 10.7. The molecule has 8 heteroatoms. The summed E-state index contributed by atoms with van der Waals surface area (Å²) in [5.41, 5.74) is 2.53. The average Bonchev–Trinajstić information content (AvgIpc) is 3.25. The standard InChI is InChI=1S/C24H20N4O4/c1-15-7-3-4-10-19(15)22-26-23(32-27-22)20-11-6-12-28(24(20)31)14-21(30)25-18-9-5-8-17(13-18)16(2)29/h3-13H,14H2,1-2H3,(H,25,30). The molecule has 2 aromatic carbocycles. The topological polar surface area (TPSA) is 107 Å². The second kappa shape index (κ2) is 8.81. The molecule has 0 spiro atoms. The molecule has 1 N–H and O–H groups in total. The maximum absolute atomic E-state index is 12.9. The largest absolute Gasteiger partial charge is 0.333 e. The molecular weight excluding hydrogens is 408 g/mol. The van der Waals surface area contributed by atoms with Gasteiger partial charge in [-0.2, -0.15) is 4.98 Å². The Morgan fingerprint density at radius 1 is 1.03 bits per heavy atom. The average molecular weight is 428 g/mol. The highest BCUT2D eigenvalue weighted by atomic mass is 16.5. The fraction of sp³-hybridized carbons (Fsp3) is 0.125. The zero-order valence-corrected chi connectivity index (χ0v) is 17.5. The van der Waals surface area contributed by atoms with Gasteiger partial charge in [-0.3, -0.25) is 14.4 Å². The summed E-state index contributed by atoms with van der Waals surface area (Å²) in [4.78, 5) is 41.3. The van der Waals surface area contributed by atoms with Crippen LogP contribution in [0.15, 0.2) is 76.2 Å². The summed E-state index contributed by atoms with van der Waals surface area (Å²) in [5.74, 6) is -0.0427. The number of pyridine rings is 1. The number of carbonyl (C=O) groups is 2. The first-order valence-electron chi connectivity index (χ1n) is 9.93. The summed E-state index contributed by atoms with van der Waals surface area (Å²) < 4.78 is 6.59. The summed E-state index contributed by atoms with van der Waals surface area (Å²) >= 11 is 0. The third-order valence-electron chi connectivity index (χ3n) is 4.93. The lowest BCUT2D eigenvalue weighted by Gasteiger charge is -2.09. The zero-order chi connectivity index (χ0) is 22.7. The Labute approximate surface area is 183 Å². The van der Waals surface area contributed by atoms with Gasteiger partial charge in [0.05, 0.1) is 0 Å². The van der Waals surface area contributed by atoms with Crippen LogP contribution in [0.25, 0.3) is 22.8 Å². The molecule has 32 heavy (non-hydrogen) atoms. The third-order valence-corrected chi connectivity index (χ3v) is 4.93. The quantitative estimate of drug-likeness (QED) is 0.469. The van der Waals surface area contributed by atoms with Gasteiger partial charge in [-0.25, -0.2) is 0 Å². The van der Waals surface area contributed by atoms with Crippen LogP contribution in [0.3, 0.4) is 0 Å². The number of Topliss-reactive ketones (excluding diaryl/α,β-unsaturated/α-hetero) is 1. The molecule has 4 rings (SSSR count). The van der Waals surface area contributed by atoms with Crippen molar-refractivity contribution < 1.29 is 14.1 Å². The maximum Gasteiger partial charge on any atom is 0.263 e. The van der Waals surface area contributed by atoms with Gasteiger partial charge in [-0.15, -0.1) is 0 Å². The number of aryl methyl sites for hydroxylation is 1. The van der Waals surface area contributed by atoms with Crippen LogP contribution in [0.2, 0.25) is 0 Å². The predicted molar refractivity (Wildman–Crippen MR) is 119 cm³/mol. The lowest BCUT2D eigenvalue weighted by Crippen LogP contribution is -2.28. The number of hydrogen-bond acceptors (Lipinski definition) is 6. The molecule has 0 atom stereocenters. The van der Waals surface area contributed by atoms with E-state index in [4.69, 9.17) is 4.52 Å². The molecule has 160 valence electrons. The van der Waals surface area contributed by atoms with Gasteiger partial charge in [0.1, 0.15) is 12.1 Å². The van der Waals surface area contributed by atoms with Gasteiger partial charge < -0.3 is 14.4 Å². The highest BCUT2D eigenvalue weighted by Gasteiger charge is 2.17. The van der Waals surface area contributed by atoms with Crippen LogP contribution in [-0.2, 0) is 11.3 Å². The number of benzene rings is 2. The van der Waals surface area contributed by atoms with E-state index in [1.165, 1.54) is 17.7 Å². The molecule has 0 saturated heterocycles. The lowest BCUT2D eigenvalue weighted by atomic mass is 10.1. The van der Waals surface area contributed by atoms with Gasteiger partial charge in [0.25, 0.3) is 11.4 Å². The van der Waals surface area contributed by atoms with E-state index in [2.05, 4.69) is 15.5 Å². The van der Waals surface area contributed by atoms with E-state index in [1.54, 1.807) is 36.4 Å². The smallest absolute Gasteiger partial charge is 0.263 e. The fourth-order valence-corrected chi connectivity index (χ4v) is 3.26. The Morgan fingerprint density at radius 2 is 1.81 bits per heavy atom. The molecule has 0 saturated carbocycles. The molecule has 2 heterocycles. The summed E-state index contributed by atoms with van der Waals surface area (Å²) in [5, 5.41) is 6.69. The van der Waals surface area contributed by atoms with Crippen molar-refractivity contribution in [2.24, 2.45) is 0 Å². The predicted octanol–water partition coefficient (Wildman–Crippen LogP) is 3.72. The van der Waals surface area contributed by atoms with E-state index in [9.17, 15) is 14.4 Å². The van der Waals surface area contributed by atoms with Crippen molar-refractivity contribution in [2.75, 3.05) is 5.32 Å². The SMILES string of the molecule is CC(=O)c1cccc(NC(=O)Cn2cccc(-c3nc(-c4ccccc4C)no3)c2=O)c1. The minimum atomic E-state index is -0.430. The van der Waals surface area contributed by atoms with Crippen molar-refractivity contribution in [2.45, 2.75) is 20.4 Å². The molecule has 0 radical (unpaired) electrons. The van der Waals surface area contributed by atoms with Crippen LogP contribution in [0.1, 0.15) is 22.8 Å². The Morgan fingerprint density at radius 3 is 2.59 bits per heavy atom. The highest BCUT2D eigenvalue weighted by Crippen LogP contribution is 2.22. The second-order valence-corrected chi connectivity index (χ2v) is 7.28. The van der Waals surface area contributed by atoms with Crippen molar-refractivity contribution in [3.05, 3.63) is 88.3 Å². The molecule has 2 aromatic heterocycles. The van der Waals surface area contributed by atoms with Gasteiger partial charge in [0.2, 0.25) is 11.7 Å². The van der Waals surface area contributed by atoms with Crippen molar-refractivity contribution in [1.82, 2.24) is 14.7 Å². The minimum Gasteiger partial charge on any atom is -0.333 e. The molecule has 0 bridgehead atoms. The Balaban J connectivity index is 1.55. The number of nitrogens with one attached hydrogen (secondary N) is 1. The summed E-state index contributed by atoms with van der Waals surface area (Å²) in [7, 11) is 0. The van der Waals surface area contributed by atoms with Crippen LogP contribution in [0.4, 0.5) is 5.69 Å². The third kappa shape index (κ3) is 4.39. The van der Waals surface area contributed by atoms with Gasteiger partial charge in [0, 0.05) is 23.0 Å². The van der Waals surface area contributed by atoms with Crippen molar-refractivity contribution in [3.8, 4) is 22.8 Å². The molecule has 0 aliphatic carbocycles. The highest BCUT2D eigenvalue weighted by molar-refractivity contribution is 5.97. The molecule has 1 amide bonds. The summed E-state index contributed by atoms with van der Waals surface area (Å²) in [6.45, 7) is 3.18. The number of amides is 1. The van der Waals surface area contributed by atoms with E-state index in [1.807, 2.05) is 31.2 Å². The van der Waals surface area contributed by atoms with Gasteiger partial charge in [-0.05, 0) is 43.7 Å². The summed E-state index contributed by atoms with van der Waals surface area (Å²) in [6, 6.07) is 17.4. The Hall–Kier alpha value is -4.33. The first kappa shape index (κ1) is 20.9. The van der Waals surface area contributed by atoms with Gasteiger partial charge in [-0.1, -0.05) is 41.6 Å². The number of carbonyl (C=O) groups excluding carboxylic acids is 2. The molecule has 4 aromatic rings. The molecule has 0 unspecified atom stereocenters. The van der Waals surface area contributed by atoms with E-state index >= 15 is 0 Å². The van der Waals surface area contributed by atoms with Crippen molar-refractivity contribution in [1.29, 1.82) is 0 Å². The van der Waals surface area contributed by atoms with Crippen LogP contribution in [0.5, 0.6) is 0 Å². The number of ketones is 1. The first-order valence-corrected chi connectivity index (χ1v) is 9.93. The second-order valence-electron chi connectivity index (χ2n) is 7.28. The maximum atomic E-state index is 12.9. The molecular formula is C24H20N4O4.